The fourth-order valence-corrected chi connectivity index (χ4v) is 30.6. The van der Waals surface area contributed by atoms with E-state index >= 15 is 0 Å². The Balaban J connectivity index is 0.000000136. The van der Waals surface area contributed by atoms with Crippen molar-refractivity contribution in [3.05, 3.63) is 163 Å². The van der Waals surface area contributed by atoms with Gasteiger partial charge in [-0.25, -0.2) is 34.7 Å². The van der Waals surface area contributed by atoms with Crippen molar-refractivity contribution in [2.75, 3.05) is 33.6 Å². The van der Waals surface area contributed by atoms with Gasteiger partial charge in [0.1, 0.15) is 23.1 Å². The number of ether oxygens (including phenoxy) is 1. The summed E-state index contributed by atoms with van der Waals surface area (Å²) < 4.78 is 67.0. The van der Waals surface area contributed by atoms with Gasteiger partial charge in [-0.3, -0.25) is 19.8 Å². The van der Waals surface area contributed by atoms with Crippen molar-refractivity contribution in [2.24, 2.45) is 0 Å². The van der Waals surface area contributed by atoms with Crippen LogP contribution in [-0.2, 0) is 24.8 Å². The van der Waals surface area contributed by atoms with E-state index in [1.165, 1.54) is 84.8 Å². The fraction of sp³-hybridized carbons (Fsp3) is 0.360. The Hall–Kier alpha value is -8.43. The van der Waals surface area contributed by atoms with Crippen LogP contribution in [0.25, 0.3) is 54.9 Å². The number of nitrogens with two attached hydrogens (primary N) is 1. The number of halogens is 3. The normalized spacial score (nSPS) is 13.6. The fourth-order valence-electron chi connectivity index (χ4n) is 12.1. The van der Waals surface area contributed by atoms with Crippen molar-refractivity contribution in [1.29, 1.82) is 0 Å². The number of aryl methyl sites for hydroxylation is 2. The first-order valence-corrected chi connectivity index (χ1v) is 47.9. The van der Waals surface area contributed by atoms with Gasteiger partial charge in [0.25, 0.3) is 20.0 Å². The third-order valence-electron chi connectivity index (χ3n) is 18.4. The van der Waals surface area contributed by atoms with Gasteiger partial charge in [0.05, 0.1) is 49.4 Å². The molecule has 12 aromatic rings. The predicted molar refractivity (Wildman–Crippen MR) is 435 cm³/mol. The van der Waals surface area contributed by atoms with Crippen LogP contribution in [0.3, 0.4) is 0 Å². The molecule has 3 aliphatic rings. The zero-order valence-electron chi connectivity index (χ0n) is 60.6. The largest absolute Gasteiger partial charge is 0.399 e. The number of carbonyl (C=O) groups excluding carboxylic acids is 2. The van der Waals surface area contributed by atoms with Gasteiger partial charge in [0.2, 0.25) is 16.5 Å². The first-order valence-electron chi connectivity index (χ1n) is 35.7. The number of Topliss-reactive ketones (excluding diaryl/α,β-unsaturated/α-hetero) is 2. The van der Waals surface area contributed by atoms with E-state index in [9.17, 15) is 26.4 Å². The molecule has 0 saturated heterocycles. The van der Waals surface area contributed by atoms with Gasteiger partial charge in [-0.2, -0.15) is 30.1 Å². The van der Waals surface area contributed by atoms with E-state index in [0.717, 1.165) is 102 Å². The molecule has 8 heterocycles. The van der Waals surface area contributed by atoms with Crippen molar-refractivity contribution >= 4 is 185 Å². The minimum atomic E-state index is -3.95. The Kier molecular flexibility index (Phi) is 25.7. The zero-order chi connectivity index (χ0) is 75.6. The summed E-state index contributed by atoms with van der Waals surface area (Å²) in [6, 6.07) is 25.8. The molecule has 0 radical (unpaired) electrons. The zero-order valence-corrected chi connectivity index (χ0v) is 68.7. The van der Waals surface area contributed by atoms with Crippen molar-refractivity contribution in [1.82, 2.24) is 63.2 Å². The molecular formula is C75H89Cl2IN18O7S2Sn. The third-order valence-corrected chi connectivity index (χ3v) is 37.9. The number of aromatic nitrogens is 13. The Morgan fingerprint density at radius 2 is 1.08 bits per heavy atom. The molecule has 0 amide bonds. The van der Waals surface area contributed by atoms with Gasteiger partial charge < -0.3 is 32.0 Å². The molecule has 106 heavy (non-hydrogen) atoms. The smallest absolute Gasteiger partial charge is 0.269 e. The molecule has 9 N–H and O–H groups in total. The number of rotatable bonds is 26. The van der Waals surface area contributed by atoms with Crippen LogP contribution in [0.5, 0.6) is 0 Å². The summed E-state index contributed by atoms with van der Waals surface area (Å²) in [6.45, 7) is 20.9. The van der Waals surface area contributed by atoms with Gasteiger partial charge in [0, 0.05) is 73.6 Å². The number of nitrogens with one attached hydrogen (secondary N) is 7. The predicted octanol–water partition coefficient (Wildman–Crippen LogP) is 17.6. The number of H-pyrrole nitrogens is 3. The maximum atomic E-state index is 13.2. The van der Waals surface area contributed by atoms with Gasteiger partial charge in [-0.15, -0.1) is 0 Å². The Morgan fingerprint density at radius 1 is 0.613 bits per heavy atom. The van der Waals surface area contributed by atoms with Crippen LogP contribution in [-0.4, -0.2) is 135 Å². The van der Waals surface area contributed by atoms with Crippen molar-refractivity contribution in [2.45, 2.75) is 174 Å². The van der Waals surface area contributed by atoms with E-state index in [1.807, 2.05) is 50.2 Å². The summed E-state index contributed by atoms with van der Waals surface area (Å²) in [7, 11) is -7.73. The molecule has 0 atom stereocenters. The molecule has 15 rings (SSSR count). The van der Waals surface area contributed by atoms with Crippen LogP contribution in [0.2, 0.25) is 23.9 Å². The van der Waals surface area contributed by atoms with Crippen LogP contribution in [0.4, 0.5) is 34.8 Å². The molecule has 0 aliphatic heterocycles. The molecule has 3 fully saturated rings. The molecule has 0 bridgehead atoms. The van der Waals surface area contributed by atoms with Gasteiger partial charge in [-0.1, -0.05) is 35.4 Å². The molecule has 0 spiro atoms. The van der Waals surface area contributed by atoms with Crippen LogP contribution >= 0.6 is 45.8 Å². The summed E-state index contributed by atoms with van der Waals surface area (Å²) in [5.41, 5.74) is 12.9. The summed E-state index contributed by atoms with van der Waals surface area (Å²) in [6.07, 6.45) is 22.6. The molecule has 0 unspecified atom stereocenters. The number of unbranched alkanes of at least 4 members (excludes halogenated alkanes) is 3. The average Bonchev–Trinajstić information content (AvgIpc) is 1.62. The molecule has 31 heteroatoms. The average molecular weight is 1740 g/mol. The number of hydrogen-bond donors (Lipinski definition) is 8. The molecule has 558 valence electrons. The second-order valence-electron chi connectivity index (χ2n) is 27.0. The van der Waals surface area contributed by atoms with Gasteiger partial charge in [-0.05, 0) is 173 Å². The Morgan fingerprint density at radius 3 is 1.56 bits per heavy atom. The maximum Gasteiger partial charge on any atom is 0.269 e. The van der Waals surface area contributed by atoms with Crippen LogP contribution < -0.4 is 27.0 Å². The number of fused-ring (bicyclic) bond motifs is 5. The minimum absolute atomic E-state index is 0.0101. The van der Waals surface area contributed by atoms with Gasteiger partial charge >= 0.3 is 120 Å². The van der Waals surface area contributed by atoms with E-state index in [4.69, 9.17) is 33.7 Å². The first-order chi connectivity index (χ1) is 50.8. The summed E-state index contributed by atoms with van der Waals surface area (Å²) in [5, 5.41) is 30.7. The number of carbonyl (C=O) groups is 2. The number of nitrogen functional groups attached to an aromatic ring is 1. The monoisotopic (exact) mass is 1730 g/mol. The molecule has 3 saturated carbocycles. The van der Waals surface area contributed by atoms with E-state index in [-0.39, 0.29) is 54.8 Å². The van der Waals surface area contributed by atoms with E-state index in [0.29, 0.717) is 57.5 Å². The number of ketones is 2. The Labute approximate surface area is 644 Å². The van der Waals surface area contributed by atoms with Crippen molar-refractivity contribution in [3.63, 3.8) is 0 Å². The molecule has 4 aromatic carbocycles. The Bertz CT molecular complexity index is 5360. The van der Waals surface area contributed by atoms with Gasteiger partial charge in [0.15, 0.2) is 22.9 Å². The summed E-state index contributed by atoms with van der Waals surface area (Å²) in [4.78, 5) is 53.4. The van der Waals surface area contributed by atoms with Crippen molar-refractivity contribution in [3.8, 4) is 0 Å². The number of hydrogen-bond acceptors (Lipinski definition) is 20. The molecule has 25 nitrogen and oxygen atoms in total. The minimum Gasteiger partial charge on any atom is -0.399 e. The van der Waals surface area contributed by atoms with E-state index < -0.39 is 38.4 Å². The molecular weight excluding hydrogens is 1650 g/mol. The number of benzene rings is 4. The summed E-state index contributed by atoms with van der Waals surface area (Å²) in [5.74, 6) is 1.84. The van der Waals surface area contributed by atoms with Crippen LogP contribution in [0.1, 0.15) is 150 Å². The molecule has 3 aliphatic carbocycles. The number of nitrogens with zero attached hydrogens (tertiary/aromatic N) is 10. The van der Waals surface area contributed by atoms with E-state index in [2.05, 4.69) is 133 Å². The quantitative estimate of drug-likeness (QED) is 0.00623. The maximum absolute atomic E-state index is 13.2. The first kappa shape index (κ1) is 78.6. The second-order valence-corrected chi connectivity index (χ2v) is 45.6. The second kappa shape index (κ2) is 34.6. The SMILES string of the molecule is C=[C](OCC)[Sn]([CH2]CCC)([CH2]CCC)[CH2]CCC.CC(=O)c1c[nH]c2nc(Nc3ccc4cn[nH]c4c3)nc(NC3CC3)c12.CC(=O)c1cn(S(=O)(=O)c2ccc(C)cc2)c2nc(Cl)nc(NC3CC3)c12.Cc1ccc(S(=O)(=O)n2cc(I)c3c(NC4CC4)nc(Cl)nc32)cc1.Nc1ccc2cn[nH]c2c1. The van der Waals surface area contributed by atoms with Crippen molar-refractivity contribution < 1.29 is 31.2 Å². The standard InChI is InChI=1S/C18H17ClN4O3S.C18H17N7O.C16H14ClIN4O2S.C7H7N3.C4H7O.3C4H9.Sn/c1-10-3-7-13(8-4-10)27(25,26)23-9-14(11(2)24)15-16(20-12-5-6-12)21-18(19)22-17(15)23;1-9(26)13-8-19-16-15(13)17(21-11-4-5-11)24-18(23-16)22-12-3-2-10-7-20-25-14(10)6-12;1-9-2-6-11(7-3-9)25(23,24)22-8-12(18)13-14(19-10-4-5-10)20-16(17)21-15(13)22;8-6-2-1-5-4-9-10-7(5)3-6;1-3-5-4-2;3*1-3-4-2;/h3-4,7-9,12H,5-6H2,1-2H3,(H,20,21,22);2-3,6-8,11H,4-5H2,1H3,(H,20,25)(H3,19,21,22,23,24);2-3,6-8,10H,4-5H2,1H3,(H,19,20,21);1-4H,8H2,(H,9,10);1,4H2,2H3;3*1,3-4H2,2H3;. The van der Waals surface area contributed by atoms with Crippen LogP contribution in [0.15, 0.2) is 136 Å². The molecule has 8 aromatic heterocycles. The third kappa shape index (κ3) is 19.1. The topological polar surface area (TPSA) is 346 Å². The number of anilines is 6. The van der Waals surface area contributed by atoms with E-state index in [1.54, 1.807) is 68.1 Å². The van der Waals surface area contributed by atoms with Crippen LogP contribution in [0, 0.1) is 17.4 Å². The summed E-state index contributed by atoms with van der Waals surface area (Å²) >= 11 is 12.0. The number of aromatic amines is 3.